The second-order valence-electron chi connectivity index (χ2n) is 7.66. The van der Waals surface area contributed by atoms with Gasteiger partial charge in [0.05, 0.1) is 25.8 Å². The predicted octanol–water partition coefficient (Wildman–Crippen LogP) is 2.78. The summed E-state index contributed by atoms with van der Waals surface area (Å²) in [4.78, 5) is 26.2. The number of aldehydes is 1. The van der Waals surface area contributed by atoms with E-state index in [0.717, 1.165) is 5.56 Å². The van der Waals surface area contributed by atoms with Crippen molar-refractivity contribution in [2.24, 2.45) is 0 Å². The Balaban J connectivity index is 1.93. The highest BCUT2D eigenvalue weighted by atomic mass is 16.7. The van der Waals surface area contributed by atoms with Crippen molar-refractivity contribution in [1.29, 1.82) is 0 Å². The summed E-state index contributed by atoms with van der Waals surface area (Å²) in [5.74, 6) is 0.773. The highest BCUT2D eigenvalue weighted by molar-refractivity contribution is 5.84. The first-order valence-electron chi connectivity index (χ1n) is 10.1. The zero-order chi connectivity index (χ0) is 23.0. The molecule has 0 saturated heterocycles. The van der Waals surface area contributed by atoms with E-state index in [1.54, 1.807) is 12.1 Å². The standard InChI is InChI=1S/C23H25NO8/c1-12(26)32-22(14-5-6-16(28-3)21(29-4)15(14)10-25)19-18-13(7-8-24(19)2)9-17-23(20(18)27)31-11-30-17/h5-6,9-10,19,22,27H,7-8,11H2,1-4H3/t19-,22?/m1/s1. The predicted molar refractivity (Wildman–Crippen MR) is 113 cm³/mol. The lowest BCUT2D eigenvalue weighted by molar-refractivity contribution is -0.150. The summed E-state index contributed by atoms with van der Waals surface area (Å²) in [6.45, 7) is 1.96. The third-order valence-corrected chi connectivity index (χ3v) is 5.89. The van der Waals surface area contributed by atoms with Gasteiger partial charge in [-0.25, -0.2) is 0 Å². The summed E-state index contributed by atoms with van der Waals surface area (Å²) in [6, 6.07) is 4.58. The lowest BCUT2D eigenvalue weighted by Gasteiger charge is -2.39. The van der Waals surface area contributed by atoms with Crippen molar-refractivity contribution < 1.29 is 38.4 Å². The molecule has 2 aromatic rings. The molecule has 0 aromatic heterocycles. The third kappa shape index (κ3) is 3.48. The lowest BCUT2D eigenvalue weighted by atomic mass is 9.84. The molecule has 0 bridgehead atoms. The second kappa shape index (κ2) is 8.58. The van der Waals surface area contributed by atoms with E-state index in [1.165, 1.54) is 21.1 Å². The van der Waals surface area contributed by atoms with Gasteiger partial charge in [0.1, 0.15) is 6.10 Å². The molecule has 9 heteroatoms. The summed E-state index contributed by atoms with van der Waals surface area (Å²) in [5.41, 5.74) is 2.08. The number of fused-ring (bicyclic) bond motifs is 2. The second-order valence-corrected chi connectivity index (χ2v) is 7.66. The molecule has 170 valence electrons. The summed E-state index contributed by atoms with van der Waals surface area (Å²) in [5, 5.41) is 11.1. The number of carbonyl (C=O) groups is 2. The van der Waals surface area contributed by atoms with Gasteiger partial charge in [0, 0.05) is 24.6 Å². The van der Waals surface area contributed by atoms with E-state index in [-0.39, 0.29) is 29.6 Å². The van der Waals surface area contributed by atoms with E-state index in [1.807, 2.05) is 18.0 Å². The van der Waals surface area contributed by atoms with E-state index >= 15 is 0 Å². The molecule has 1 unspecified atom stereocenters. The van der Waals surface area contributed by atoms with Crippen LogP contribution in [0.3, 0.4) is 0 Å². The minimum atomic E-state index is -0.914. The first kappa shape index (κ1) is 21.8. The normalized spacial score (nSPS) is 17.9. The Morgan fingerprint density at radius 2 is 2.06 bits per heavy atom. The summed E-state index contributed by atoms with van der Waals surface area (Å²) >= 11 is 0. The zero-order valence-corrected chi connectivity index (χ0v) is 18.3. The number of ether oxygens (including phenoxy) is 5. The minimum absolute atomic E-state index is 0.0185. The van der Waals surface area contributed by atoms with Gasteiger partial charge < -0.3 is 28.8 Å². The molecule has 32 heavy (non-hydrogen) atoms. The number of esters is 1. The van der Waals surface area contributed by atoms with Crippen molar-refractivity contribution in [1.82, 2.24) is 4.90 Å². The Morgan fingerprint density at radius 3 is 2.72 bits per heavy atom. The van der Waals surface area contributed by atoms with Gasteiger partial charge in [0.25, 0.3) is 0 Å². The number of aromatic hydroxyl groups is 1. The van der Waals surface area contributed by atoms with Crippen LogP contribution in [-0.2, 0) is 16.0 Å². The van der Waals surface area contributed by atoms with Crippen LogP contribution in [0.2, 0.25) is 0 Å². The number of hydrogen-bond acceptors (Lipinski definition) is 9. The first-order valence-corrected chi connectivity index (χ1v) is 10.1. The first-order chi connectivity index (χ1) is 15.4. The van der Waals surface area contributed by atoms with Crippen molar-refractivity contribution in [2.45, 2.75) is 25.5 Å². The highest BCUT2D eigenvalue weighted by Crippen LogP contribution is 2.53. The van der Waals surface area contributed by atoms with Crippen LogP contribution < -0.4 is 18.9 Å². The molecule has 2 aromatic carbocycles. The molecular formula is C23H25NO8. The van der Waals surface area contributed by atoms with Gasteiger partial charge in [-0.2, -0.15) is 0 Å². The average molecular weight is 443 g/mol. The Hall–Kier alpha value is -3.46. The molecule has 0 aliphatic carbocycles. The van der Waals surface area contributed by atoms with E-state index < -0.39 is 18.1 Å². The number of hydrogen-bond donors (Lipinski definition) is 1. The molecule has 2 heterocycles. The van der Waals surface area contributed by atoms with Crippen molar-refractivity contribution in [2.75, 3.05) is 34.6 Å². The summed E-state index contributed by atoms with van der Waals surface area (Å²) in [6.07, 6.45) is 0.394. The lowest BCUT2D eigenvalue weighted by Crippen LogP contribution is -2.37. The van der Waals surface area contributed by atoms with Crippen LogP contribution in [0, 0.1) is 0 Å². The average Bonchev–Trinajstić information content (AvgIpc) is 3.26. The van der Waals surface area contributed by atoms with Crippen LogP contribution in [-0.4, -0.2) is 56.9 Å². The third-order valence-electron chi connectivity index (χ3n) is 5.89. The Kier molecular flexibility index (Phi) is 5.84. The van der Waals surface area contributed by atoms with Crippen molar-refractivity contribution in [3.63, 3.8) is 0 Å². The number of likely N-dealkylation sites (N-methyl/N-ethyl adjacent to an activating group) is 1. The molecule has 2 aliphatic rings. The van der Waals surface area contributed by atoms with Gasteiger partial charge >= 0.3 is 5.97 Å². The number of phenols is 1. The van der Waals surface area contributed by atoms with Crippen LogP contribution in [0.5, 0.6) is 28.7 Å². The molecule has 2 atom stereocenters. The maximum Gasteiger partial charge on any atom is 0.303 e. The SMILES string of the molecule is COc1ccc(C(OC(C)=O)[C@H]2c3c(cc4c(c3O)OCO4)CCN2C)c(C=O)c1OC. The van der Waals surface area contributed by atoms with E-state index in [0.29, 0.717) is 41.9 Å². The van der Waals surface area contributed by atoms with Crippen LogP contribution in [0.15, 0.2) is 18.2 Å². The van der Waals surface area contributed by atoms with Crippen molar-refractivity contribution >= 4 is 12.3 Å². The maximum absolute atomic E-state index is 12.1. The zero-order valence-electron chi connectivity index (χ0n) is 18.3. The number of benzene rings is 2. The topological polar surface area (TPSA) is 104 Å². The molecular weight excluding hydrogens is 418 g/mol. The van der Waals surface area contributed by atoms with Crippen LogP contribution in [0.4, 0.5) is 0 Å². The van der Waals surface area contributed by atoms with E-state index in [9.17, 15) is 14.7 Å². The van der Waals surface area contributed by atoms with Crippen LogP contribution in [0.1, 0.15) is 46.1 Å². The number of rotatable bonds is 6. The Morgan fingerprint density at radius 1 is 1.28 bits per heavy atom. The Labute approximate surface area is 185 Å². The molecule has 2 aliphatic heterocycles. The fourth-order valence-corrected chi connectivity index (χ4v) is 4.48. The van der Waals surface area contributed by atoms with Gasteiger partial charge in [-0.3, -0.25) is 14.5 Å². The fourth-order valence-electron chi connectivity index (χ4n) is 4.48. The van der Waals surface area contributed by atoms with Gasteiger partial charge in [0.2, 0.25) is 12.5 Å². The van der Waals surface area contributed by atoms with Crippen molar-refractivity contribution in [3.8, 4) is 28.7 Å². The van der Waals surface area contributed by atoms with Gasteiger partial charge in [-0.05, 0) is 31.2 Å². The minimum Gasteiger partial charge on any atom is -0.504 e. The van der Waals surface area contributed by atoms with Crippen LogP contribution >= 0.6 is 0 Å². The van der Waals surface area contributed by atoms with Crippen molar-refractivity contribution in [3.05, 3.63) is 40.5 Å². The highest BCUT2D eigenvalue weighted by Gasteiger charge is 2.41. The molecule has 4 rings (SSSR count). The molecule has 0 spiro atoms. The molecule has 9 nitrogen and oxygen atoms in total. The molecule has 0 amide bonds. The number of phenolic OH excluding ortho intramolecular Hbond substituents is 1. The van der Waals surface area contributed by atoms with Gasteiger partial charge in [-0.1, -0.05) is 6.07 Å². The van der Waals surface area contributed by atoms with Gasteiger partial charge in [0.15, 0.2) is 29.3 Å². The van der Waals surface area contributed by atoms with E-state index in [2.05, 4.69) is 0 Å². The largest absolute Gasteiger partial charge is 0.504 e. The molecule has 0 radical (unpaired) electrons. The number of methoxy groups -OCH3 is 2. The maximum atomic E-state index is 12.1. The molecule has 1 N–H and O–H groups in total. The van der Waals surface area contributed by atoms with E-state index in [4.69, 9.17) is 23.7 Å². The molecule has 0 fully saturated rings. The summed E-state index contributed by atoms with van der Waals surface area (Å²) < 4.78 is 27.4. The number of carbonyl (C=O) groups excluding carboxylic acids is 2. The fraction of sp³-hybridized carbons (Fsp3) is 0.391. The van der Waals surface area contributed by atoms with Crippen LogP contribution in [0.25, 0.3) is 0 Å². The molecule has 0 saturated carbocycles. The smallest absolute Gasteiger partial charge is 0.303 e. The Bertz CT molecular complexity index is 1070. The summed E-state index contributed by atoms with van der Waals surface area (Å²) in [7, 11) is 4.78. The quantitative estimate of drug-likeness (QED) is 0.533. The number of nitrogens with zero attached hydrogens (tertiary/aromatic N) is 1. The van der Waals surface area contributed by atoms with Gasteiger partial charge in [-0.15, -0.1) is 0 Å². The monoisotopic (exact) mass is 443 g/mol.